The topological polar surface area (TPSA) is 9.23 Å². The Bertz CT molecular complexity index is 155. The van der Waals surface area contributed by atoms with Gasteiger partial charge in [-0.15, -0.1) is 0 Å². The van der Waals surface area contributed by atoms with Crippen LogP contribution in [-0.2, 0) is 4.74 Å². The third-order valence-electron chi connectivity index (χ3n) is 2.94. The van der Waals surface area contributed by atoms with Crippen molar-refractivity contribution in [2.45, 2.75) is 38.5 Å². The van der Waals surface area contributed by atoms with Gasteiger partial charge in [-0.2, -0.15) is 13.2 Å². The molecule has 0 amide bonds. The summed E-state index contributed by atoms with van der Waals surface area (Å²) in [5.41, 5.74) is 0. The van der Waals surface area contributed by atoms with Crippen molar-refractivity contribution in [3.8, 4) is 0 Å². The molecular weight excluding hydrogens is 181 g/mol. The van der Waals surface area contributed by atoms with Gasteiger partial charge in [0.25, 0.3) is 0 Å². The minimum absolute atomic E-state index is 0.245. The third kappa shape index (κ3) is 2.16. The Morgan fingerprint density at radius 3 is 2.31 bits per heavy atom. The van der Waals surface area contributed by atoms with Crippen molar-refractivity contribution in [1.82, 2.24) is 0 Å². The Hall–Kier alpha value is -0.250. The second-order valence-corrected chi connectivity index (χ2v) is 3.59. The second kappa shape index (κ2) is 3.86. The highest BCUT2D eigenvalue weighted by molar-refractivity contribution is 4.89. The van der Waals surface area contributed by atoms with E-state index >= 15 is 0 Å². The van der Waals surface area contributed by atoms with Crippen LogP contribution in [0.1, 0.15) is 26.2 Å². The van der Waals surface area contributed by atoms with Gasteiger partial charge in [-0.25, -0.2) is 0 Å². The van der Waals surface area contributed by atoms with Gasteiger partial charge < -0.3 is 4.74 Å². The first-order valence-corrected chi connectivity index (χ1v) is 4.60. The van der Waals surface area contributed by atoms with E-state index in [4.69, 9.17) is 4.74 Å². The number of alkyl halides is 3. The SMILES string of the molecule is CCC1CCC(OC)C1C(F)(F)F. The van der Waals surface area contributed by atoms with Gasteiger partial charge >= 0.3 is 6.18 Å². The van der Waals surface area contributed by atoms with Crippen LogP contribution in [0.15, 0.2) is 0 Å². The van der Waals surface area contributed by atoms with Crippen LogP contribution >= 0.6 is 0 Å². The molecule has 3 unspecified atom stereocenters. The molecule has 1 rings (SSSR count). The number of hydrogen-bond donors (Lipinski definition) is 0. The van der Waals surface area contributed by atoms with E-state index in [1.807, 2.05) is 0 Å². The van der Waals surface area contributed by atoms with E-state index in [9.17, 15) is 13.2 Å². The fourth-order valence-electron chi connectivity index (χ4n) is 2.24. The molecule has 0 aromatic rings. The quantitative estimate of drug-likeness (QED) is 0.659. The van der Waals surface area contributed by atoms with E-state index in [1.54, 1.807) is 6.92 Å². The van der Waals surface area contributed by atoms with Crippen molar-refractivity contribution in [2.75, 3.05) is 7.11 Å². The Labute approximate surface area is 76.3 Å². The van der Waals surface area contributed by atoms with Gasteiger partial charge in [-0.3, -0.25) is 0 Å². The molecule has 0 N–H and O–H groups in total. The Kier molecular flexibility index (Phi) is 3.22. The fraction of sp³-hybridized carbons (Fsp3) is 1.00. The summed E-state index contributed by atoms with van der Waals surface area (Å²) in [7, 11) is 1.36. The second-order valence-electron chi connectivity index (χ2n) is 3.59. The van der Waals surface area contributed by atoms with Crippen LogP contribution in [0.2, 0.25) is 0 Å². The van der Waals surface area contributed by atoms with Crippen LogP contribution < -0.4 is 0 Å². The van der Waals surface area contributed by atoms with Gasteiger partial charge in [-0.05, 0) is 18.8 Å². The zero-order valence-electron chi connectivity index (χ0n) is 7.90. The summed E-state index contributed by atoms with van der Waals surface area (Å²) in [6.07, 6.45) is -2.95. The van der Waals surface area contributed by atoms with Gasteiger partial charge in [0.15, 0.2) is 0 Å². The van der Waals surface area contributed by atoms with E-state index < -0.39 is 18.2 Å². The maximum atomic E-state index is 12.6. The lowest BCUT2D eigenvalue weighted by Gasteiger charge is -2.25. The molecule has 78 valence electrons. The van der Waals surface area contributed by atoms with Crippen LogP contribution in [0, 0.1) is 11.8 Å². The van der Waals surface area contributed by atoms with Gasteiger partial charge in [0.05, 0.1) is 12.0 Å². The standard InChI is InChI=1S/C9H15F3O/c1-3-6-4-5-7(13-2)8(6)9(10,11)12/h6-8H,3-5H2,1-2H3. The molecule has 0 radical (unpaired) electrons. The fourth-order valence-corrected chi connectivity index (χ4v) is 2.24. The summed E-state index contributed by atoms with van der Waals surface area (Å²) in [4.78, 5) is 0. The molecular formula is C9H15F3O. The first kappa shape index (κ1) is 10.8. The van der Waals surface area contributed by atoms with Crippen LogP contribution in [0.4, 0.5) is 13.2 Å². The summed E-state index contributed by atoms with van der Waals surface area (Å²) in [6, 6.07) is 0. The van der Waals surface area contributed by atoms with Gasteiger partial charge in [-0.1, -0.05) is 13.3 Å². The highest BCUT2D eigenvalue weighted by atomic mass is 19.4. The van der Waals surface area contributed by atoms with E-state index in [0.717, 1.165) is 0 Å². The first-order valence-electron chi connectivity index (χ1n) is 4.60. The van der Waals surface area contributed by atoms with Crippen molar-refractivity contribution in [3.63, 3.8) is 0 Å². The summed E-state index contributed by atoms with van der Waals surface area (Å²) in [5, 5.41) is 0. The molecule has 1 aliphatic carbocycles. The lowest BCUT2D eigenvalue weighted by atomic mass is 9.92. The maximum Gasteiger partial charge on any atom is 0.394 e. The number of halogens is 3. The smallest absolute Gasteiger partial charge is 0.381 e. The molecule has 0 heterocycles. The molecule has 1 aliphatic rings. The van der Waals surface area contributed by atoms with E-state index in [1.165, 1.54) is 7.11 Å². The maximum absolute atomic E-state index is 12.6. The summed E-state index contributed by atoms with van der Waals surface area (Å²) in [6.45, 7) is 1.81. The summed E-state index contributed by atoms with van der Waals surface area (Å²) < 4.78 is 42.5. The molecule has 1 fully saturated rings. The molecule has 1 saturated carbocycles. The molecule has 13 heavy (non-hydrogen) atoms. The molecule has 0 spiro atoms. The van der Waals surface area contributed by atoms with Gasteiger partial charge in [0.1, 0.15) is 0 Å². The zero-order chi connectivity index (χ0) is 10.1. The predicted octanol–water partition coefficient (Wildman–Crippen LogP) is 3.00. The lowest BCUT2D eigenvalue weighted by molar-refractivity contribution is -0.207. The molecule has 1 nitrogen and oxygen atoms in total. The molecule has 0 aromatic carbocycles. The van der Waals surface area contributed by atoms with Crippen molar-refractivity contribution < 1.29 is 17.9 Å². The highest BCUT2D eigenvalue weighted by Crippen LogP contribution is 2.45. The Morgan fingerprint density at radius 1 is 1.31 bits per heavy atom. The number of ether oxygens (including phenoxy) is 1. The highest BCUT2D eigenvalue weighted by Gasteiger charge is 2.51. The lowest BCUT2D eigenvalue weighted by Crippen LogP contribution is -2.35. The van der Waals surface area contributed by atoms with Crippen molar-refractivity contribution in [3.05, 3.63) is 0 Å². The first-order chi connectivity index (χ1) is 6.00. The van der Waals surface area contributed by atoms with Crippen molar-refractivity contribution >= 4 is 0 Å². The van der Waals surface area contributed by atoms with E-state index in [0.29, 0.717) is 19.3 Å². The van der Waals surface area contributed by atoms with Gasteiger partial charge in [0, 0.05) is 7.11 Å². The molecule has 0 bridgehead atoms. The van der Waals surface area contributed by atoms with E-state index in [-0.39, 0.29) is 5.92 Å². The molecule has 0 saturated heterocycles. The average Bonchev–Trinajstić information content (AvgIpc) is 2.45. The monoisotopic (exact) mass is 196 g/mol. The largest absolute Gasteiger partial charge is 0.394 e. The number of methoxy groups -OCH3 is 1. The Morgan fingerprint density at radius 2 is 1.92 bits per heavy atom. The zero-order valence-corrected chi connectivity index (χ0v) is 7.90. The van der Waals surface area contributed by atoms with Crippen LogP contribution in [0.25, 0.3) is 0 Å². The molecule has 0 aromatic heterocycles. The average molecular weight is 196 g/mol. The van der Waals surface area contributed by atoms with Crippen LogP contribution in [0.5, 0.6) is 0 Å². The van der Waals surface area contributed by atoms with Gasteiger partial charge in [0.2, 0.25) is 0 Å². The summed E-state index contributed by atoms with van der Waals surface area (Å²) >= 11 is 0. The summed E-state index contributed by atoms with van der Waals surface area (Å²) in [5.74, 6) is -1.49. The normalized spacial score (nSPS) is 35.3. The van der Waals surface area contributed by atoms with Crippen molar-refractivity contribution in [2.24, 2.45) is 11.8 Å². The molecule has 3 atom stereocenters. The third-order valence-corrected chi connectivity index (χ3v) is 2.94. The number of rotatable bonds is 2. The van der Waals surface area contributed by atoms with Crippen LogP contribution in [-0.4, -0.2) is 19.4 Å². The van der Waals surface area contributed by atoms with Crippen molar-refractivity contribution in [1.29, 1.82) is 0 Å². The molecule has 0 aliphatic heterocycles. The molecule has 4 heteroatoms. The minimum atomic E-state index is -4.10. The van der Waals surface area contributed by atoms with Crippen LogP contribution in [0.3, 0.4) is 0 Å². The number of hydrogen-bond acceptors (Lipinski definition) is 1. The van der Waals surface area contributed by atoms with E-state index in [2.05, 4.69) is 0 Å². The Balaban J connectivity index is 2.73. The minimum Gasteiger partial charge on any atom is -0.381 e. The predicted molar refractivity (Wildman–Crippen MR) is 43.4 cm³/mol.